The molecule has 1 aromatic heterocycles. The van der Waals surface area contributed by atoms with Crippen LogP contribution in [-0.2, 0) is 20.1 Å². The van der Waals surface area contributed by atoms with E-state index in [1.807, 2.05) is 0 Å². The van der Waals surface area contributed by atoms with Crippen LogP contribution in [0.4, 0.5) is 17.3 Å². The number of rotatable bonds is 9. The van der Waals surface area contributed by atoms with Gasteiger partial charge < -0.3 is 27.7 Å². The number of aliphatic hydroxyl groups is 1. The van der Waals surface area contributed by atoms with Crippen LogP contribution in [0.1, 0.15) is 45.9 Å². The summed E-state index contributed by atoms with van der Waals surface area (Å²) in [7, 11) is -3.92. The fraction of sp³-hybridized carbons (Fsp3) is 0.800. The fourth-order valence-corrected chi connectivity index (χ4v) is 2.34. The molecule has 1 atom stereocenters. The molecule has 9 heteroatoms. The summed E-state index contributed by atoms with van der Waals surface area (Å²) in [5, 5.41) is 12.9. The Balaban J connectivity index is 0.000000922. The van der Waals surface area contributed by atoms with Gasteiger partial charge in [-0.15, -0.1) is 0 Å². The summed E-state index contributed by atoms with van der Waals surface area (Å²) in [6, 6.07) is 0.189. The number of halogens is 4. The lowest BCUT2D eigenvalue weighted by molar-refractivity contribution is -0.679. The lowest BCUT2D eigenvalue weighted by atomic mass is 10.0. The van der Waals surface area contributed by atoms with Gasteiger partial charge in [0.2, 0.25) is 0 Å². The lowest BCUT2D eigenvalue weighted by Gasteiger charge is -2.17. The number of aliphatic hydroxyl groups excluding tert-OH is 1. The van der Waals surface area contributed by atoms with E-state index in [9.17, 15) is 22.4 Å². The smallest absolute Gasteiger partial charge is 0.418 e. The normalized spacial score (nSPS) is 12.9. The van der Waals surface area contributed by atoms with Crippen LogP contribution in [0.15, 0.2) is 12.4 Å². The van der Waals surface area contributed by atoms with Crippen LogP contribution in [0, 0.1) is 5.92 Å². The van der Waals surface area contributed by atoms with Gasteiger partial charge in [-0.3, -0.25) is 0 Å². The Morgan fingerprint density at radius 1 is 1.29 bits per heavy atom. The standard InChI is InChI=1S/C15H30N3O.BF4/c1-5-6-7-18-9-8-17(4)15(18)11-16-14(12-19)10-13(2)3;2-1(3,4)5/h8-9,13-14,16,19H,5-7,10-12H2,1-4H3;/q+1;-1/t14-;/m0./s1. The molecule has 0 saturated heterocycles. The molecular formula is C15H30BF4N3O. The van der Waals surface area contributed by atoms with Crippen LogP contribution in [0.3, 0.4) is 0 Å². The molecule has 0 saturated carbocycles. The molecule has 0 aromatic carbocycles. The zero-order valence-electron chi connectivity index (χ0n) is 15.0. The van der Waals surface area contributed by atoms with Crippen molar-refractivity contribution >= 4 is 7.25 Å². The van der Waals surface area contributed by atoms with Crippen LogP contribution in [-0.4, -0.2) is 29.6 Å². The zero-order valence-corrected chi connectivity index (χ0v) is 15.0. The summed E-state index contributed by atoms with van der Waals surface area (Å²) in [6.45, 7) is 8.68. The third-order valence-electron chi connectivity index (χ3n) is 3.49. The molecule has 0 fully saturated rings. The van der Waals surface area contributed by atoms with Crippen molar-refractivity contribution in [2.45, 2.75) is 59.2 Å². The van der Waals surface area contributed by atoms with Gasteiger partial charge in [0.1, 0.15) is 12.4 Å². The maximum Gasteiger partial charge on any atom is 0.673 e. The second-order valence-corrected chi connectivity index (χ2v) is 6.26. The highest BCUT2D eigenvalue weighted by Crippen LogP contribution is 2.07. The molecule has 0 radical (unpaired) electrons. The maximum atomic E-state index is 9.75. The number of aryl methyl sites for hydroxylation is 2. The van der Waals surface area contributed by atoms with Crippen molar-refractivity contribution in [3.05, 3.63) is 18.2 Å². The van der Waals surface area contributed by atoms with Gasteiger partial charge in [0, 0.05) is 6.04 Å². The molecule has 0 amide bonds. The van der Waals surface area contributed by atoms with Gasteiger partial charge in [0.05, 0.1) is 26.7 Å². The Morgan fingerprint density at radius 3 is 2.33 bits per heavy atom. The van der Waals surface area contributed by atoms with Crippen LogP contribution >= 0.6 is 0 Å². The van der Waals surface area contributed by atoms with Gasteiger partial charge in [-0.05, 0) is 18.8 Å². The first-order valence-corrected chi connectivity index (χ1v) is 8.33. The van der Waals surface area contributed by atoms with E-state index in [1.54, 1.807) is 0 Å². The topological polar surface area (TPSA) is 41.1 Å². The predicted octanol–water partition coefficient (Wildman–Crippen LogP) is 2.91. The first-order valence-electron chi connectivity index (χ1n) is 8.33. The van der Waals surface area contributed by atoms with Crippen molar-refractivity contribution in [2.75, 3.05) is 6.61 Å². The minimum absolute atomic E-state index is 0.189. The summed E-state index contributed by atoms with van der Waals surface area (Å²) in [6.07, 6.45) is 7.67. The SMILES string of the molecule is CCCCn1cc[n+](C)c1CN[C@H](CO)CC(C)C.F[B-](F)(F)F. The molecule has 24 heavy (non-hydrogen) atoms. The van der Waals surface area contributed by atoms with Crippen LogP contribution in [0.5, 0.6) is 0 Å². The predicted molar refractivity (Wildman–Crippen MR) is 87.9 cm³/mol. The van der Waals surface area contributed by atoms with E-state index in [-0.39, 0.29) is 12.6 Å². The van der Waals surface area contributed by atoms with Gasteiger partial charge in [0.25, 0.3) is 5.82 Å². The van der Waals surface area contributed by atoms with E-state index in [1.165, 1.54) is 18.7 Å². The average molecular weight is 355 g/mol. The molecule has 0 aliphatic rings. The number of hydrogen-bond acceptors (Lipinski definition) is 2. The summed E-state index contributed by atoms with van der Waals surface area (Å²) in [4.78, 5) is 0. The van der Waals surface area contributed by atoms with E-state index in [0.717, 1.165) is 19.5 Å². The van der Waals surface area contributed by atoms with Crippen LogP contribution in [0.25, 0.3) is 0 Å². The molecule has 0 aliphatic carbocycles. The van der Waals surface area contributed by atoms with Crippen molar-refractivity contribution in [3.63, 3.8) is 0 Å². The third kappa shape index (κ3) is 11.5. The molecule has 1 rings (SSSR count). The van der Waals surface area contributed by atoms with Gasteiger partial charge in [0.15, 0.2) is 0 Å². The number of nitrogens with zero attached hydrogens (tertiary/aromatic N) is 2. The highest BCUT2D eigenvalue weighted by atomic mass is 19.5. The highest BCUT2D eigenvalue weighted by molar-refractivity contribution is 6.50. The Labute approximate surface area is 142 Å². The Kier molecular flexibility index (Phi) is 10.9. The second-order valence-electron chi connectivity index (χ2n) is 6.26. The zero-order chi connectivity index (χ0) is 18.8. The Morgan fingerprint density at radius 2 is 1.88 bits per heavy atom. The van der Waals surface area contributed by atoms with E-state index in [0.29, 0.717) is 5.92 Å². The summed E-state index contributed by atoms with van der Waals surface area (Å²) in [5.41, 5.74) is 0. The molecule has 0 spiro atoms. The maximum absolute atomic E-state index is 9.75. The quantitative estimate of drug-likeness (QED) is 0.406. The van der Waals surface area contributed by atoms with Gasteiger partial charge in [-0.25, -0.2) is 9.13 Å². The molecule has 0 bridgehead atoms. The molecular weight excluding hydrogens is 325 g/mol. The minimum Gasteiger partial charge on any atom is -0.418 e. The van der Waals surface area contributed by atoms with Crippen LogP contribution < -0.4 is 9.88 Å². The number of aromatic nitrogens is 2. The van der Waals surface area contributed by atoms with Gasteiger partial charge >= 0.3 is 7.25 Å². The summed E-state index contributed by atoms with van der Waals surface area (Å²) < 4.78 is 43.5. The summed E-state index contributed by atoms with van der Waals surface area (Å²) in [5.74, 6) is 1.88. The number of hydrogen-bond donors (Lipinski definition) is 2. The van der Waals surface area contributed by atoms with Crippen LogP contribution in [0.2, 0.25) is 0 Å². The van der Waals surface area contributed by atoms with Crippen molar-refractivity contribution in [1.82, 2.24) is 9.88 Å². The van der Waals surface area contributed by atoms with E-state index >= 15 is 0 Å². The van der Waals surface area contributed by atoms with E-state index in [2.05, 4.69) is 54.7 Å². The number of nitrogens with one attached hydrogen (secondary N) is 1. The molecule has 1 heterocycles. The second kappa shape index (κ2) is 11.5. The average Bonchev–Trinajstić information content (AvgIpc) is 2.79. The number of imidazole rings is 1. The number of unbranched alkanes of at least 4 members (excludes halogenated alkanes) is 1. The molecule has 1 aromatic rings. The fourth-order valence-electron chi connectivity index (χ4n) is 2.34. The van der Waals surface area contributed by atoms with E-state index < -0.39 is 7.25 Å². The molecule has 0 aliphatic heterocycles. The minimum atomic E-state index is -6.00. The first-order chi connectivity index (χ1) is 11.1. The third-order valence-corrected chi connectivity index (χ3v) is 3.49. The highest BCUT2D eigenvalue weighted by Gasteiger charge is 2.20. The van der Waals surface area contributed by atoms with Gasteiger partial charge in [-0.1, -0.05) is 27.2 Å². The van der Waals surface area contributed by atoms with Crippen molar-refractivity contribution in [1.29, 1.82) is 0 Å². The Hall–Kier alpha value is -1.09. The molecule has 142 valence electrons. The largest absolute Gasteiger partial charge is 0.673 e. The monoisotopic (exact) mass is 355 g/mol. The Bertz CT molecular complexity index is 446. The molecule has 2 N–H and O–H groups in total. The van der Waals surface area contributed by atoms with Crippen molar-refractivity contribution in [3.8, 4) is 0 Å². The van der Waals surface area contributed by atoms with Crippen molar-refractivity contribution < 1.29 is 26.9 Å². The molecule has 0 unspecified atom stereocenters. The van der Waals surface area contributed by atoms with E-state index in [4.69, 9.17) is 0 Å². The molecule has 4 nitrogen and oxygen atoms in total. The lowest BCUT2D eigenvalue weighted by Crippen LogP contribution is -2.40. The van der Waals surface area contributed by atoms with Crippen molar-refractivity contribution in [2.24, 2.45) is 13.0 Å². The van der Waals surface area contributed by atoms with Gasteiger partial charge in [-0.2, -0.15) is 0 Å². The summed E-state index contributed by atoms with van der Waals surface area (Å²) >= 11 is 0. The first kappa shape index (κ1) is 22.9.